The van der Waals surface area contributed by atoms with E-state index in [-0.39, 0.29) is 11.5 Å². The van der Waals surface area contributed by atoms with Gasteiger partial charge in [-0.3, -0.25) is 0 Å². The minimum Gasteiger partial charge on any atom is -0.494 e. The van der Waals surface area contributed by atoms with Gasteiger partial charge in [0, 0.05) is 10.9 Å². The summed E-state index contributed by atoms with van der Waals surface area (Å²) in [6, 6.07) is 13.6. The fraction of sp³-hybridized carbons (Fsp3) is 0.286. The summed E-state index contributed by atoms with van der Waals surface area (Å²) >= 11 is 1.46. The van der Waals surface area contributed by atoms with Crippen LogP contribution in [-0.4, -0.2) is 20.0 Å². The van der Waals surface area contributed by atoms with Crippen molar-refractivity contribution in [2.24, 2.45) is 0 Å². The molecular weight excluding hydrogens is 378 g/mol. The maximum atomic E-state index is 12.6. The van der Waals surface area contributed by atoms with E-state index in [1.165, 1.54) is 11.3 Å². The second kappa shape index (κ2) is 8.23. The van der Waals surface area contributed by atoms with Gasteiger partial charge in [-0.05, 0) is 56.2 Å². The summed E-state index contributed by atoms with van der Waals surface area (Å²) in [6.45, 7) is 6.48. The average molecular weight is 402 g/mol. The molecule has 0 aliphatic heterocycles. The molecule has 0 unspecified atom stereocenters. The fourth-order valence-corrected chi connectivity index (χ4v) is 5.25. The molecule has 3 aromatic rings. The smallest absolute Gasteiger partial charge is 0.160 e. The van der Waals surface area contributed by atoms with Crippen LogP contribution in [0.3, 0.4) is 0 Å². The molecule has 4 nitrogen and oxygen atoms in total. The van der Waals surface area contributed by atoms with E-state index in [0.717, 1.165) is 33.0 Å². The Morgan fingerprint density at radius 2 is 1.78 bits per heavy atom. The van der Waals surface area contributed by atoms with E-state index < -0.39 is 9.84 Å². The number of ether oxygens (including phenoxy) is 1. The molecule has 1 heterocycles. The summed E-state index contributed by atoms with van der Waals surface area (Å²) in [7, 11) is -3.29. The third-order valence-corrected chi connectivity index (χ3v) is 6.64. The minimum atomic E-state index is -3.29. The zero-order valence-corrected chi connectivity index (χ0v) is 17.4. The molecule has 0 N–H and O–H groups in total. The lowest BCUT2D eigenvalue weighted by molar-refractivity contribution is 0.340. The molecule has 2 aromatic carbocycles. The Bertz CT molecular complexity index is 1020. The van der Waals surface area contributed by atoms with E-state index in [2.05, 4.69) is 4.98 Å². The Morgan fingerprint density at radius 1 is 1.04 bits per heavy atom. The molecule has 0 saturated heterocycles. The predicted octanol–water partition coefficient (Wildman–Crippen LogP) is 4.94. The monoisotopic (exact) mass is 401 g/mol. The van der Waals surface area contributed by atoms with Gasteiger partial charge in [0.2, 0.25) is 0 Å². The van der Waals surface area contributed by atoms with E-state index in [1.807, 2.05) is 68.6 Å². The number of sulfone groups is 1. The van der Waals surface area contributed by atoms with Crippen LogP contribution in [0.25, 0.3) is 10.6 Å². The van der Waals surface area contributed by atoms with Crippen LogP contribution in [0.1, 0.15) is 29.3 Å². The Hall–Kier alpha value is -2.18. The number of rotatable bonds is 7. The van der Waals surface area contributed by atoms with Gasteiger partial charge in [-0.1, -0.05) is 23.8 Å². The van der Waals surface area contributed by atoms with Gasteiger partial charge >= 0.3 is 0 Å². The predicted molar refractivity (Wildman–Crippen MR) is 111 cm³/mol. The molecule has 0 saturated carbocycles. The zero-order chi connectivity index (χ0) is 19.4. The van der Waals surface area contributed by atoms with Crippen molar-refractivity contribution in [3.05, 3.63) is 70.2 Å². The van der Waals surface area contributed by atoms with Crippen molar-refractivity contribution in [3.63, 3.8) is 0 Å². The van der Waals surface area contributed by atoms with Gasteiger partial charge in [-0.25, -0.2) is 13.4 Å². The molecule has 0 radical (unpaired) electrons. The average Bonchev–Trinajstić information content (AvgIpc) is 3.06. The van der Waals surface area contributed by atoms with Crippen molar-refractivity contribution >= 4 is 21.2 Å². The molecule has 0 atom stereocenters. The van der Waals surface area contributed by atoms with Gasteiger partial charge in [-0.15, -0.1) is 11.3 Å². The Balaban J connectivity index is 1.73. The molecule has 0 bridgehead atoms. The zero-order valence-electron chi connectivity index (χ0n) is 15.7. The SMILES string of the molecule is CCOc1ccc(-c2nc(CS(=O)(=O)Cc3cc(C)ccc3C)cs2)cc1. The van der Waals surface area contributed by atoms with Crippen LogP contribution in [0.15, 0.2) is 47.8 Å². The topological polar surface area (TPSA) is 56.3 Å². The quantitative estimate of drug-likeness (QED) is 0.563. The highest BCUT2D eigenvalue weighted by atomic mass is 32.2. The standard InChI is InChI=1S/C21H23NO3S2/c1-4-25-20-9-7-17(8-10-20)21-22-19(12-26-21)14-27(23,24)13-18-11-15(2)5-6-16(18)3/h5-12H,4,13-14H2,1-3H3. The summed E-state index contributed by atoms with van der Waals surface area (Å²) in [4.78, 5) is 4.52. The molecule has 0 aliphatic carbocycles. The van der Waals surface area contributed by atoms with Gasteiger partial charge < -0.3 is 4.74 Å². The van der Waals surface area contributed by atoms with Gasteiger partial charge in [0.1, 0.15) is 10.8 Å². The Labute approximate surface area is 164 Å². The Morgan fingerprint density at radius 3 is 2.48 bits per heavy atom. The largest absolute Gasteiger partial charge is 0.494 e. The molecule has 0 aliphatic rings. The second-order valence-electron chi connectivity index (χ2n) is 6.56. The maximum Gasteiger partial charge on any atom is 0.160 e. The molecule has 142 valence electrons. The van der Waals surface area contributed by atoms with Crippen molar-refractivity contribution in [1.82, 2.24) is 4.98 Å². The number of hydrogen-bond acceptors (Lipinski definition) is 5. The molecule has 1 aromatic heterocycles. The van der Waals surface area contributed by atoms with Gasteiger partial charge in [0.15, 0.2) is 9.84 Å². The lowest BCUT2D eigenvalue weighted by Gasteiger charge is -2.07. The molecule has 27 heavy (non-hydrogen) atoms. The van der Waals surface area contributed by atoms with Crippen LogP contribution in [0.2, 0.25) is 0 Å². The van der Waals surface area contributed by atoms with Crippen LogP contribution >= 0.6 is 11.3 Å². The summed E-state index contributed by atoms with van der Waals surface area (Å²) < 4.78 is 30.7. The third kappa shape index (κ3) is 5.17. The Kier molecular flexibility index (Phi) is 5.97. The first-order valence-corrected chi connectivity index (χ1v) is 11.5. The number of hydrogen-bond donors (Lipinski definition) is 0. The molecule has 0 amide bonds. The molecular formula is C21H23NO3S2. The van der Waals surface area contributed by atoms with Gasteiger partial charge in [0.25, 0.3) is 0 Å². The third-order valence-electron chi connectivity index (χ3n) is 4.21. The normalized spacial score (nSPS) is 11.5. The van der Waals surface area contributed by atoms with Crippen molar-refractivity contribution in [1.29, 1.82) is 0 Å². The van der Waals surface area contributed by atoms with Crippen molar-refractivity contribution in [2.75, 3.05) is 6.61 Å². The van der Waals surface area contributed by atoms with Crippen LogP contribution in [0.4, 0.5) is 0 Å². The first kappa shape index (κ1) is 19.6. The minimum absolute atomic E-state index is 0.0381. The number of thiazole rings is 1. The summed E-state index contributed by atoms with van der Waals surface area (Å²) in [5.41, 5.74) is 4.47. The van der Waals surface area contributed by atoms with Gasteiger partial charge in [0.05, 0.1) is 23.8 Å². The highest BCUT2D eigenvalue weighted by Crippen LogP contribution is 2.27. The van der Waals surface area contributed by atoms with Crippen LogP contribution in [0.5, 0.6) is 5.75 Å². The molecule has 0 spiro atoms. The van der Waals surface area contributed by atoms with E-state index >= 15 is 0 Å². The lowest BCUT2D eigenvalue weighted by atomic mass is 10.1. The van der Waals surface area contributed by atoms with E-state index in [9.17, 15) is 8.42 Å². The van der Waals surface area contributed by atoms with Gasteiger partial charge in [-0.2, -0.15) is 0 Å². The summed E-state index contributed by atoms with van der Waals surface area (Å²) in [6.07, 6.45) is 0. The summed E-state index contributed by atoms with van der Waals surface area (Å²) in [5.74, 6) is 0.804. The first-order valence-electron chi connectivity index (χ1n) is 8.80. The van der Waals surface area contributed by atoms with E-state index in [1.54, 1.807) is 0 Å². The molecule has 0 fully saturated rings. The maximum absolute atomic E-state index is 12.6. The number of aryl methyl sites for hydroxylation is 2. The highest BCUT2D eigenvalue weighted by molar-refractivity contribution is 7.89. The number of benzene rings is 2. The number of nitrogens with zero attached hydrogens (tertiary/aromatic N) is 1. The van der Waals surface area contributed by atoms with Crippen LogP contribution in [-0.2, 0) is 21.3 Å². The van der Waals surface area contributed by atoms with Crippen LogP contribution in [0, 0.1) is 13.8 Å². The number of aromatic nitrogens is 1. The summed E-state index contributed by atoms with van der Waals surface area (Å²) in [5, 5.41) is 2.64. The van der Waals surface area contributed by atoms with Crippen LogP contribution < -0.4 is 4.74 Å². The van der Waals surface area contributed by atoms with Crippen molar-refractivity contribution in [2.45, 2.75) is 32.3 Å². The first-order chi connectivity index (χ1) is 12.9. The fourth-order valence-electron chi connectivity index (χ4n) is 2.84. The van der Waals surface area contributed by atoms with E-state index in [4.69, 9.17) is 4.74 Å². The second-order valence-corrected chi connectivity index (χ2v) is 9.49. The van der Waals surface area contributed by atoms with Crippen molar-refractivity contribution < 1.29 is 13.2 Å². The molecule has 3 rings (SSSR count). The van der Waals surface area contributed by atoms with E-state index in [0.29, 0.717) is 12.3 Å². The lowest BCUT2D eigenvalue weighted by Crippen LogP contribution is -2.09. The highest BCUT2D eigenvalue weighted by Gasteiger charge is 2.17. The van der Waals surface area contributed by atoms with Crippen molar-refractivity contribution in [3.8, 4) is 16.3 Å². The molecule has 6 heteroatoms.